The van der Waals surface area contributed by atoms with Gasteiger partial charge < -0.3 is 16.0 Å². The van der Waals surface area contributed by atoms with Gasteiger partial charge in [0, 0.05) is 30.1 Å². The Morgan fingerprint density at radius 2 is 1.61 bits per heavy atom. The summed E-state index contributed by atoms with van der Waals surface area (Å²) < 4.78 is 0. The number of nitrogens with one attached hydrogen (secondary N) is 3. The molecule has 144 valence electrons. The highest BCUT2D eigenvalue weighted by molar-refractivity contribution is 5.89. The van der Waals surface area contributed by atoms with E-state index in [4.69, 9.17) is 0 Å². The van der Waals surface area contributed by atoms with Gasteiger partial charge in [0.15, 0.2) is 0 Å². The van der Waals surface area contributed by atoms with Crippen LogP contribution < -0.4 is 16.0 Å². The molecule has 0 saturated carbocycles. The summed E-state index contributed by atoms with van der Waals surface area (Å²) in [5.74, 6) is 1.97. The highest BCUT2D eigenvalue weighted by atomic mass is 16.1. The van der Waals surface area contributed by atoms with Crippen molar-refractivity contribution in [2.24, 2.45) is 0 Å². The summed E-state index contributed by atoms with van der Waals surface area (Å²) in [5, 5.41) is 9.51. The second kappa shape index (κ2) is 8.52. The minimum atomic E-state index is -0.105. The van der Waals surface area contributed by atoms with E-state index >= 15 is 0 Å². The summed E-state index contributed by atoms with van der Waals surface area (Å²) in [7, 11) is 0. The van der Waals surface area contributed by atoms with Crippen LogP contribution in [0.4, 0.5) is 28.7 Å². The van der Waals surface area contributed by atoms with E-state index in [0.717, 1.165) is 29.3 Å². The average Bonchev–Trinajstić information content (AvgIpc) is 2.62. The molecule has 0 saturated heterocycles. The van der Waals surface area contributed by atoms with Gasteiger partial charge in [-0.3, -0.25) is 4.79 Å². The van der Waals surface area contributed by atoms with Crippen molar-refractivity contribution in [1.82, 2.24) is 9.97 Å². The first-order chi connectivity index (χ1) is 13.4. The third-order valence-corrected chi connectivity index (χ3v) is 4.29. The van der Waals surface area contributed by atoms with E-state index in [9.17, 15) is 4.79 Å². The lowest BCUT2D eigenvalue weighted by Crippen LogP contribution is -2.06. The molecule has 0 unspecified atom stereocenters. The van der Waals surface area contributed by atoms with Crippen molar-refractivity contribution in [3.05, 3.63) is 65.5 Å². The summed E-state index contributed by atoms with van der Waals surface area (Å²) in [5.41, 5.74) is 5.07. The van der Waals surface area contributed by atoms with Crippen LogP contribution in [-0.4, -0.2) is 15.9 Å². The maximum Gasteiger partial charge on any atom is 0.221 e. The zero-order chi connectivity index (χ0) is 20.1. The summed E-state index contributed by atoms with van der Waals surface area (Å²) in [4.78, 5) is 20.3. The molecule has 0 fully saturated rings. The molecule has 0 aliphatic rings. The number of carbonyl (C=O) groups is 1. The standard InChI is InChI=1S/C22H25N5O/c1-5-17-9-6-8-14(2)22(17)27-21-13-20(23-15(3)24-21)26-19-11-7-10-18(12-19)25-16(4)28/h6-13H,5H2,1-4H3,(H,25,28)(H2,23,24,26,27). The van der Waals surface area contributed by atoms with Gasteiger partial charge in [-0.2, -0.15) is 0 Å². The van der Waals surface area contributed by atoms with E-state index < -0.39 is 0 Å². The molecule has 1 heterocycles. The van der Waals surface area contributed by atoms with Crippen LogP contribution in [0.3, 0.4) is 0 Å². The summed E-state index contributed by atoms with van der Waals surface area (Å²) in [6, 6.07) is 15.7. The number of aryl methyl sites for hydroxylation is 3. The third kappa shape index (κ3) is 4.85. The lowest BCUT2D eigenvalue weighted by molar-refractivity contribution is -0.114. The molecule has 3 N–H and O–H groups in total. The third-order valence-electron chi connectivity index (χ3n) is 4.29. The topological polar surface area (TPSA) is 78.9 Å². The molecule has 2 aromatic carbocycles. The Kier molecular flexibility index (Phi) is 5.89. The molecule has 0 spiro atoms. The van der Waals surface area contributed by atoms with Crippen molar-refractivity contribution in [3.8, 4) is 0 Å². The Bertz CT molecular complexity index is 1000. The Hall–Kier alpha value is -3.41. The molecule has 3 aromatic rings. The molecule has 1 amide bonds. The SMILES string of the molecule is CCc1cccc(C)c1Nc1cc(Nc2cccc(NC(C)=O)c2)nc(C)n1. The predicted octanol–water partition coefficient (Wildman–Crippen LogP) is 5.10. The van der Waals surface area contributed by atoms with Crippen molar-refractivity contribution in [3.63, 3.8) is 0 Å². The Morgan fingerprint density at radius 1 is 0.929 bits per heavy atom. The van der Waals surface area contributed by atoms with Gasteiger partial charge in [0.1, 0.15) is 17.5 Å². The number of hydrogen-bond acceptors (Lipinski definition) is 5. The van der Waals surface area contributed by atoms with Crippen LogP contribution in [-0.2, 0) is 11.2 Å². The van der Waals surface area contributed by atoms with Crippen LogP contribution >= 0.6 is 0 Å². The summed E-state index contributed by atoms with van der Waals surface area (Å²) in [6.07, 6.45) is 0.940. The number of aromatic nitrogens is 2. The zero-order valence-electron chi connectivity index (χ0n) is 16.6. The number of anilines is 5. The van der Waals surface area contributed by atoms with E-state index in [2.05, 4.69) is 58.0 Å². The van der Waals surface area contributed by atoms with E-state index in [0.29, 0.717) is 11.6 Å². The Morgan fingerprint density at radius 3 is 2.32 bits per heavy atom. The number of benzene rings is 2. The lowest BCUT2D eigenvalue weighted by Gasteiger charge is -2.15. The predicted molar refractivity (Wildman–Crippen MR) is 115 cm³/mol. The van der Waals surface area contributed by atoms with Crippen molar-refractivity contribution < 1.29 is 4.79 Å². The number of hydrogen-bond donors (Lipinski definition) is 3. The molecule has 0 bridgehead atoms. The van der Waals surface area contributed by atoms with Gasteiger partial charge in [-0.1, -0.05) is 31.2 Å². The fraction of sp³-hybridized carbons (Fsp3) is 0.227. The highest BCUT2D eigenvalue weighted by Gasteiger charge is 2.08. The first-order valence-corrected chi connectivity index (χ1v) is 9.30. The quantitative estimate of drug-likeness (QED) is 0.558. The molecule has 6 heteroatoms. The normalized spacial score (nSPS) is 10.4. The summed E-state index contributed by atoms with van der Waals surface area (Å²) >= 11 is 0. The van der Waals surface area contributed by atoms with Crippen LogP contribution in [0.5, 0.6) is 0 Å². The van der Waals surface area contributed by atoms with Gasteiger partial charge in [-0.05, 0) is 49.6 Å². The van der Waals surface area contributed by atoms with Gasteiger partial charge >= 0.3 is 0 Å². The fourth-order valence-corrected chi connectivity index (χ4v) is 3.05. The highest BCUT2D eigenvalue weighted by Crippen LogP contribution is 2.26. The van der Waals surface area contributed by atoms with Gasteiger partial charge in [0.2, 0.25) is 5.91 Å². The molecule has 0 radical (unpaired) electrons. The minimum Gasteiger partial charge on any atom is -0.340 e. The number of amides is 1. The monoisotopic (exact) mass is 375 g/mol. The first kappa shape index (κ1) is 19.4. The smallest absolute Gasteiger partial charge is 0.221 e. The van der Waals surface area contributed by atoms with Gasteiger partial charge in [0.05, 0.1) is 0 Å². The molecular weight excluding hydrogens is 350 g/mol. The molecular formula is C22H25N5O. The molecule has 0 aliphatic heterocycles. The number of rotatable bonds is 6. The average molecular weight is 375 g/mol. The van der Waals surface area contributed by atoms with Crippen LogP contribution in [0.1, 0.15) is 30.8 Å². The van der Waals surface area contributed by atoms with Crippen molar-refractivity contribution in [2.75, 3.05) is 16.0 Å². The Balaban J connectivity index is 1.86. The molecule has 0 aliphatic carbocycles. The maximum absolute atomic E-state index is 11.3. The second-order valence-electron chi connectivity index (χ2n) is 6.66. The van der Waals surface area contributed by atoms with E-state index in [-0.39, 0.29) is 5.91 Å². The van der Waals surface area contributed by atoms with E-state index in [1.165, 1.54) is 18.1 Å². The molecule has 6 nitrogen and oxygen atoms in total. The largest absolute Gasteiger partial charge is 0.340 e. The van der Waals surface area contributed by atoms with Gasteiger partial charge in [-0.15, -0.1) is 0 Å². The van der Waals surface area contributed by atoms with Crippen LogP contribution in [0.2, 0.25) is 0 Å². The van der Waals surface area contributed by atoms with E-state index in [1.54, 1.807) is 0 Å². The van der Waals surface area contributed by atoms with E-state index in [1.807, 2.05) is 37.3 Å². The number of carbonyl (C=O) groups excluding carboxylic acids is 1. The van der Waals surface area contributed by atoms with Crippen molar-refractivity contribution >= 4 is 34.6 Å². The number of para-hydroxylation sites is 1. The molecule has 1 aromatic heterocycles. The van der Waals surface area contributed by atoms with Gasteiger partial charge in [-0.25, -0.2) is 9.97 Å². The van der Waals surface area contributed by atoms with Crippen molar-refractivity contribution in [1.29, 1.82) is 0 Å². The van der Waals surface area contributed by atoms with Crippen LogP contribution in [0.15, 0.2) is 48.5 Å². The first-order valence-electron chi connectivity index (χ1n) is 9.30. The van der Waals surface area contributed by atoms with Crippen LogP contribution in [0.25, 0.3) is 0 Å². The van der Waals surface area contributed by atoms with Crippen LogP contribution in [0, 0.1) is 13.8 Å². The summed E-state index contributed by atoms with van der Waals surface area (Å²) in [6.45, 7) is 7.58. The second-order valence-corrected chi connectivity index (χ2v) is 6.66. The maximum atomic E-state index is 11.3. The van der Waals surface area contributed by atoms with Crippen molar-refractivity contribution in [2.45, 2.75) is 34.1 Å². The lowest BCUT2D eigenvalue weighted by atomic mass is 10.1. The fourth-order valence-electron chi connectivity index (χ4n) is 3.05. The molecule has 28 heavy (non-hydrogen) atoms. The van der Waals surface area contributed by atoms with Gasteiger partial charge in [0.25, 0.3) is 0 Å². The number of nitrogens with zero attached hydrogens (tertiary/aromatic N) is 2. The zero-order valence-corrected chi connectivity index (χ0v) is 16.6. The Labute approximate surface area is 165 Å². The minimum absolute atomic E-state index is 0.105. The molecule has 0 atom stereocenters. The molecule has 3 rings (SSSR count).